The largest absolute Gasteiger partial charge is 0.497 e. The fourth-order valence-electron chi connectivity index (χ4n) is 2.38. The molecule has 0 saturated heterocycles. The Morgan fingerprint density at radius 2 is 2.00 bits per heavy atom. The molecule has 0 bridgehead atoms. The maximum absolute atomic E-state index is 12.2. The molecule has 3 rings (SSSR count). The molecule has 112 valence electrons. The summed E-state index contributed by atoms with van der Waals surface area (Å²) in [7, 11) is 1.58. The van der Waals surface area contributed by atoms with Crippen LogP contribution in [-0.4, -0.2) is 32.8 Å². The Morgan fingerprint density at radius 3 is 2.59 bits per heavy atom. The quantitative estimate of drug-likeness (QED) is 0.767. The highest BCUT2D eigenvalue weighted by molar-refractivity contribution is 5.88. The Hall–Kier alpha value is -3.09. The third-order valence-electron chi connectivity index (χ3n) is 3.45. The molecule has 22 heavy (non-hydrogen) atoms. The van der Waals surface area contributed by atoms with Crippen LogP contribution in [-0.2, 0) is 0 Å². The lowest BCUT2D eigenvalue weighted by molar-refractivity contribution is 0.0694. The molecule has 0 saturated carbocycles. The monoisotopic (exact) mass is 299 g/mol. The van der Waals surface area contributed by atoms with Gasteiger partial charge in [-0.1, -0.05) is 12.1 Å². The van der Waals surface area contributed by atoms with E-state index in [0.29, 0.717) is 5.65 Å². The van der Waals surface area contributed by atoms with Crippen LogP contribution in [0.1, 0.15) is 16.1 Å². The van der Waals surface area contributed by atoms with Crippen molar-refractivity contribution in [3.63, 3.8) is 0 Å². The van der Waals surface area contributed by atoms with E-state index in [9.17, 15) is 9.59 Å². The summed E-state index contributed by atoms with van der Waals surface area (Å²) in [5.74, 6) is -0.579. The fraction of sp³-hybridized carbons (Fsp3) is 0.133. The Balaban J connectivity index is 2.26. The molecule has 0 radical (unpaired) electrons. The van der Waals surface area contributed by atoms with Crippen LogP contribution in [0.3, 0.4) is 0 Å². The van der Waals surface area contributed by atoms with E-state index in [2.05, 4.69) is 10.1 Å². The van der Waals surface area contributed by atoms with Crippen LogP contribution in [0.2, 0.25) is 0 Å². The summed E-state index contributed by atoms with van der Waals surface area (Å²) in [5, 5.41) is 11.9. The third-order valence-corrected chi connectivity index (χ3v) is 3.45. The van der Waals surface area contributed by atoms with E-state index in [1.165, 1.54) is 0 Å². The van der Waals surface area contributed by atoms with Gasteiger partial charge in [0.1, 0.15) is 11.3 Å². The number of hydrogen-bond acceptors (Lipinski definition) is 4. The number of hydrogen-bond donors (Lipinski definition) is 2. The minimum absolute atomic E-state index is 0.375. The average molecular weight is 299 g/mol. The number of benzene rings is 1. The number of carboxylic acid groups (broad SMARTS) is 1. The molecule has 0 fully saturated rings. The SMILES string of the molecule is COc1ccc(-c2c(C)[nH]n3c(=O)c(C(=O)O)cnc23)cc1. The summed E-state index contributed by atoms with van der Waals surface area (Å²) >= 11 is 0. The molecule has 0 atom stereocenters. The van der Waals surface area contributed by atoms with E-state index in [0.717, 1.165) is 33.3 Å². The van der Waals surface area contributed by atoms with Gasteiger partial charge in [-0.2, -0.15) is 0 Å². The number of rotatable bonds is 3. The minimum atomic E-state index is -1.30. The van der Waals surface area contributed by atoms with E-state index in [1.807, 2.05) is 24.3 Å². The van der Waals surface area contributed by atoms with Gasteiger partial charge in [-0.15, -0.1) is 0 Å². The topological polar surface area (TPSA) is 96.7 Å². The number of H-pyrrole nitrogens is 1. The lowest BCUT2D eigenvalue weighted by atomic mass is 10.1. The van der Waals surface area contributed by atoms with Crippen LogP contribution < -0.4 is 10.3 Å². The zero-order valence-corrected chi connectivity index (χ0v) is 12.0. The minimum Gasteiger partial charge on any atom is -0.497 e. The maximum Gasteiger partial charge on any atom is 0.343 e. The van der Waals surface area contributed by atoms with Crippen molar-refractivity contribution in [1.29, 1.82) is 0 Å². The van der Waals surface area contributed by atoms with Gasteiger partial charge in [-0.05, 0) is 24.6 Å². The standard InChI is InChI=1S/C15H13N3O4/c1-8-12(9-3-5-10(22-2)6-4-9)13-16-7-11(15(20)21)14(19)18(13)17-8/h3-7,17H,1-2H3,(H,20,21). The first-order chi connectivity index (χ1) is 10.5. The average Bonchev–Trinajstić information content (AvgIpc) is 2.84. The van der Waals surface area contributed by atoms with Crippen molar-refractivity contribution in [3.8, 4) is 16.9 Å². The zero-order valence-electron chi connectivity index (χ0n) is 12.0. The van der Waals surface area contributed by atoms with E-state index in [4.69, 9.17) is 9.84 Å². The molecule has 0 aliphatic heterocycles. The lowest BCUT2D eigenvalue weighted by Crippen LogP contribution is -2.22. The molecule has 2 aromatic heterocycles. The summed E-state index contributed by atoms with van der Waals surface area (Å²) in [6.45, 7) is 1.80. The fourth-order valence-corrected chi connectivity index (χ4v) is 2.38. The highest BCUT2D eigenvalue weighted by Gasteiger charge is 2.17. The normalized spacial score (nSPS) is 10.8. The number of carboxylic acids is 1. The van der Waals surface area contributed by atoms with Gasteiger partial charge in [0.25, 0.3) is 5.56 Å². The Bertz CT molecular complexity index is 922. The third kappa shape index (κ3) is 2.03. The predicted octanol–water partition coefficient (Wildman–Crippen LogP) is 1.70. The van der Waals surface area contributed by atoms with Gasteiger partial charge in [0.05, 0.1) is 7.11 Å². The highest BCUT2D eigenvalue weighted by atomic mass is 16.5. The second kappa shape index (κ2) is 5.03. The van der Waals surface area contributed by atoms with Crippen molar-refractivity contribution < 1.29 is 14.6 Å². The van der Waals surface area contributed by atoms with Gasteiger partial charge in [0, 0.05) is 17.5 Å². The molecule has 1 aromatic carbocycles. The highest BCUT2D eigenvalue weighted by Crippen LogP contribution is 2.27. The molecule has 0 aliphatic carbocycles. The molecular formula is C15H13N3O4. The molecule has 7 nitrogen and oxygen atoms in total. The first-order valence-corrected chi connectivity index (χ1v) is 6.51. The van der Waals surface area contributed by atoms with Crippen molar-refractivity contribution in [1.82, 2.24) is 14.6 Å². The smallest absolute Gasteiger partial charge is 0.343 e. The second-order valence-electron chi connectivity index (χ2n) is 4.78. The van der Waals surface area contributed by atoms with Gasteiger partial charge in [-0.3, -0.25) is 9.89 Å². The Kier molecular flexibility index (Phi) is 3.17. The predicted molar refractivity (Wildman–Crippen MR) is 79.5 cm³/mol. The van der Waals surface area contributed by atoms with Gasteiger partial charge in [0.2, 0.25) is 0 Å². The van der Waals surface area contributed by atoms with Crippen molar-refractivity contribution >= 4 is 11.6 Å². The number of fused-ring (bicyclic) bond motifs is 1. The van der Waals surface area contributed by atoms with Gasteiger partial charge in [0.15, 0.2) is 5.65 Å². The molecule has 0 spiro atoms. The number of nitrogens with zero attached hydrogens (tertiary/aromatic N) is 2. The summed E-state index contributed by atoms with van der Waals surface area (Å²) in [4.78, 5) is 27.3. The molecule has 2 heterocycles. The maximum atomic E-state index is 12.2. The van der Waals surface area contributed by atoms with Crippen LogP contribution >= 0.6 is 0 Å². The van der Waals surface area contributed by atoms with E-state index in [1.54, 1.807) is 14.0 Å². The summed E-state index contributed by atoms with van der Waals surface area (Å²) in [5.41, 5.74) is 1.69. The van der Waals surface area contributed by atoms with Crippen molar-refractivity contribution in [2.75, 3.05) is 7.11 Å². The Morgan fingerprint density at radius 1 is 1.32 bits per heavy atom. The molecule has 7 heteroatoms. The van der Waals surface area contributed by atoms with Crippen LogP contribution in [0.15, 0.2) is 35.3 Å². The molecule has 0 amide bonds. The number of methoxy groups -OCH3 is 1. The van der Waals surface area contributed by atoms with Crippen LogP contribution in [0.4, 0.5) is 0 Å². The van der Waals surface area contributed by atoms with Crippen LogP contribution in [0.5, 0.6) is 5.75 Å². The number of aromatic carboxylic acids is 1. The number of aromatic amines is 1. The van der Waals surface area contributed by atoms with Crippen LogP contribution in [0.25, 0.3) is 16.8 Å². The molecular weight excluding hydrogens is 286 g/mol. The van der Waals surface area contributed by atoms with Gasteiger partial charge >= 0.3 is 5.97 Å². The van der Waals surface area contributed by atoms with Crippen molar-refractivity contribution in [3.05, 3.63) is 52.1 Å². The van der Waals surface area contributed by atoms with Gasteiger partial charge < -0.3 is 9.84 Å². The number of aromatic nitrogens is 3. The first-order valence-electron chi connectivity index (χ1n) is 6.51. The van der Waals surface area contributed by atoms with Crippen molar-refractivity contribution in [2.45, 2.75) is 6.92 Å². The van der Waals surface area contributed by atoms with Gasteiger partial charge in [-0.25, -0.2) is 14.3 Å². The molecule has 0 aliphatic rings. The Labute approximate surface area is 124 Å². The van der Waals surface area contributed by atoms with Crippen LogP contribution in [0, 0.1) is 6.92 Å². The first kappa shape index (κ1) is 13.9. The number of aryl methyl sites for hydroxylation is 1. The van der Waals surface area contributed by atoms with E-state index in [-0.39, 0.29) is 5.56 Å². The molecule has 3 aromatic rings. The van der Waals surface area contributed by atoms with E-state index < -0.39 is 11.5 Å². The summed E-state index contributed by atoms with van der Waals surface area (Å²) in [6, 6.07) is 7.32. The lowest BCUT2D eigenvalue weighted by Gasteiger charge is -2.03. The number of ether oxygens (including phenoxy) is 1. The number of carbonyl (C=O) groups is 1. The molecule has 0 unspecified atom stereocenters. The second-order valence-corrected chi connectivity index (χ2v) is 4.78. The summed E-state index contributed by atoms with van der Waals surface area (Å²) in [6.07, 6.45) is 1.08. The van der Waals surface area contributed by atoms with E-state index >= 15 is 0 Å². The molecule has 2 N–H and O–H groups in total. The van der Waals surface area contributed by atoms with Crippen molar-refractivity contribution in [2.24, 2.45) is 0 Å². The number of nitrogens with one attached hydrogen (secondary N) is 1. The zero-order chi connectivity index (χ0) is 15.9. The summed E-state index contributed by atoms with van der Waals surface area (Å²) < 4.78 is 6.27.